The minimum Gasteiger partial charge on any atom is -0.299 e. The number of benzene rings is 3. The highest BCUT2D eigenvalue weighted by Crippen LogP contribution is 2.37. The molecule has 0 aliphatic carbocycles. The molecule has 0 unspecified atom stereocenters. The van der Waals surface area contributed by atoms with Gasteiger partial charge in [0.25, 0.3) is 5.91 Å². The number of likely N-dealkylation sites (tertiary alicyclic amines) is 1. The molecule has 4 heteroatoms. The number of fused-ring (bicyclic) bond motifs is 2. The molecule has 0 aromatic heterocycles. The van der Waals surface area contributed by atoms with Crippen molar-refractivity contribution in [1.29, 1.82) is 0 Å². The summed E-state index contributed by atoms with van der Waals surface area (Å²) in [6.45, 7) is 3.34. The molecule has 2 aliphatic rings. The van der Waals surface area contributed by atoms with Gasteiger partial charge in [-0.1, -0.05) is 55.0 Å². The maximum atomic E-state index is 13.7. The Morgan fingerprint density at radius 2 is 1.26 bits per heavy atom. The summed E-state index contributed by atoms with van der Waals surface area (Å²) in [6, 6.07) is 24.8. The van der Waals surface area contributed by atoms with Crippen LogP contribution >= 0.6 is 12.4 Å². The summed E-state index contributed by atoms with van der Waals surface area (Å²) in [4.78, 5) is 18.1. The average molecular weight is 433 g/mol. The number of anilines is 2. The van der Waals surface area contributed by atoms with Gasteiger partial charge in [-0.25, -0.2) is 0 Å². The van der Waals surface area contributed by atoms with Gasteiger partial charge >= 0.3 is 0 Å². The SMILES string of the molecule is Cl.O=C(c1ccc(CN2CCCCC2)cc1)N1c2ccccc2CCc2ccccc21. The Kier molecular flexibility index (Phi) is 6.74. The molecular weight excluding hydrogens is 404 g/mol. The van der Waals surface area contributed by atoms with Crippen molar-refractivity contribution in [3.63, 3.8) is 0 Å². The lowest BCUT2D eigenvalue weighted by molar-refractivity contribution is 0.0999. The van der Waals surface area contributed by atoms with Gasteiger partial charge in [0.05, 0.1) is 11.4 Å². The molecule has 3 aromatic carbocycles. The van der Waals surface area contributed by atoms with Crippen LogP contribution < -0.4 is 4.90 Å². The molecule has 5 rings (SSSR count). The number of piperidine rings is 1. The van der Waals surface area contributed by atoms with Crippen LogP contribution in [0.5, 0.6) is 0 Å². The minimum atomic E-state index is 0. The highest BCUT2D eigenvalue weighted by atomic mass is 35.5. The molecule has 0 atom stereocenters. The summed E-state index contributed by atoms with van der Waals surface area (Å²) >= 11 is 0. The predicted octanol–water partition coefficient (Wildman–Crippen LogP) is 6.17. The fourth-order valence-electron chi connectivity index (χ4n) is 4.76. The Hall–Kier alpha value is -2.62. The molecule has 0 bridgehead atoms. The molecule has 31 heavy (non-hydrogen) atoms. The van der Waals surface area contributed by atoms with Crippen LogP contribution in [-0.4, -0.2) is 23.9 Å². The van der Waals surface area contributed by atoms with E-state index in [0.29, 0.717) is 0 Å². The van der Waals surface area contributed by atoms with Crippen LogP contribution in [0.15, 0.2) is 72.8 Å². The fourth-order valence-corrected chi connectivity index (χ4v) is 4.76. The third-order valence-corrected chi connectivity index (χ3v) is 6.39. The highest BCUT2D eigenvalue weighted by Gasteiger charge is 2.26. The van der Waals surface area contributed by atoms with Crippen LogP contribution in [0.25, 0.3) is 0 Å². The number of carbonyl (C=O) groups is 1. The van der Waals surface area contributed by atoms with Crippen molar-refractivity contribution in [2.75, 3.05) is 18.0 Å². The number of carbonyl (C=O) groups excluding carboxylic acids is 1. The summed E-state index contributed by atoms with van der Waals surface area (Å²) in [6.07, 6.45) is 5.84. The van der Waals surface area contributed by atoms with Crippen molar-refractivity contribution in [2.45, 2.75) is 38.6 Å². The highest BCUT2D eigenvalue weighted by molar-refractivity contribution is 6.12. The number of rotatable bonds is 3. The van der Waals surface area contributed by atoms with E-state index in [1.807, 2.05) is 29.2 Å². The lowest BCUT2D eigenvalue weighted by Crippen LogP contribution is -2.29. The molecule has 0 saturated carbocycles. The first-order valence-electron chi connectivity index (χ1n) is 11.1. The van der Waals surface area contributed by atoms with E-state index in [-0.39, 0.29) is 18.3 Å². The third-order valence-electron chi connectivity index (χ3n) is 6.39. The van der Waals surface area contributed by atoms with Gasteiger partial charge in [-0.3, -0.25) is 14.6 Å². The topological polar surface area (TPSA) is 23.6 Å². The summed E-state index contributed by atoms with van der Waals surface area (Å²) in [5.41, 5.74) is 6.48. The van der Waals surface area contributed by atoms with Crippen LogP contribution in [-0.2, 0) is 19.4 Å². The van der Waals surface area contributed by atoms with Gasteiger partial charge in [-0.2, -0.15) is 0 Å². The molecule has 0 N–H and O–H groups in total. The number of halogens is 1. The lowest BCUT2D eigenvalue weighted by Gasteiger charge is -2.27. The lowest BCUT2D eigenvalue weighted by atomic mass is 10.0. The van der Waals surface area contributed by atoms with Crippen molar-refractivity contribution in [2.24, 2.45) is 0 Å². The van der Waals surface area contributed by atoms with Crippen molar-refractivity contribution >= 4 is 29.7 Å². The van der Waals surface area contributed by atoms with E-state index in [0.717, 1.165) is 36.3 Å². The largest absolute Gasteiger partial charge is 0.299 e. The zero-order valence-corrected chi connectivity index (χ0v) is 18.6. The van der Waals surface area contributed by atoms with Crippen LogP contribution in [0.3, 0.4) is 0 Å². The van der Waals surface area contributed by atoms with Crippen LogP contribution in [0.1, 0.15) is 46.3 Å². The Morgan fingerprint density at radius 3 is 1.84 bits per heavy atom. The average Bonchev–Trinajstić information content (AvgIpc) is 2.97. The van der Waals surface area contributed by atoms with E-state index in [2.05, 4.69) is 53.4 Å². The summed E-state index contributed by atoms with van der Waals surface area (Å²) < 4.78 is 0. The number of amides is 1. The Morgan fingerprint density at radius 1 is 0.710 bits per heavy atom. The van der Waals surface area contributed by atoms with E-state index in [1.54, 1.807) is 0 Å². The van der Waals surface area contributed by atoms with Gasteiger partial charge in [-0.05, 0) is 79.7 Å². The Balaban J connectivity index is 0.00000231. The van der Waals surface area contributed by atoms with Gasteiger partial charge < -0.3 is 0 Å². The second-order valence-electron chi connectivity index (χ2n) is 8.43. The van der Waals surface area contributed by atoms with Gasteiger partial charge in [0.2, 0.25) is 0 Å². The maximum absolute atomic E-state index is 13.7. The van der Waals surface area contributed by atoms with Crippen molar-refractivity contribution in [3.05, 3.63) is 95.1 Å². The van der Waals surface area contributed by atoms with E-state index < -0.39 is 0 Å². The standard InChI is InChI=1S/C27H28N2O.ClH/c30-27(24-14-12-21(13-15-24)20-28-18-6-1-7-19-28)29-25-10-4-2-8-22(25)16-17-23-9-3-5-11-26(23)29;/h2-5,8-15H,1,6-7,16-20H2;1H. The first kappa shape index (κ1) is 21.6. The zero-order chi connectivity index (χ0) is 20.3. The number of para-hydroxylation sites is 2. The molecule has 2 heterocycles. The number of nitrogens with zero attached hydrogens (tertiary/aromatic N) is 2. The fraction of sp³-hybridized carbons (Fsp3) is 0.296. The first-order chi connectivity index (χ1) is 14.8. The monoisotopic (exact) mass is 432 g/mol. The van der Waals surface area contributed by atoms with Gasteiger partial charge in [0.1, 0.15) is 0 Å². The van der Waals surface area contributed by atoms with E-state index in [9.17, 15) is 4.79 Å². The number of aryl methyl sites for hydroxylation is 2. The predicted molar refractivity (Wildman–Crippen MR) is 130 cm³/mol. The molecule has 0 radical (unpaired) electrons. The van der Waals surface area contributed by atoms with Crippen molar-refractivity contribution in [3.8, 4) is 0 Å². The molecule has 1 amide bonds. The molecule has 1 saturated heterocycles. The van der Waals surface area contributed by atoms with Crippen LogP contribution in [0.4, 0.5) is 11.4 Å². The first-order valence-corrected chi connectivity index (χ1v) is 11.1. The normalized spacial score (nSPS) is 15.9. The summed E-state index contributed by atoms with van der Waals surface area (Å²) in [5.74, 6) is 0.0429. The van der Waals surface area contributed by atoms with Crippen LogP contribution in [0, 0.1) is 0 Å². The van der Waals surface area contributed by atoms with Crippen molar-refractivity contribution in [1.82, 2.24) is 4.90 Å². The molecule has 3 nitrogen and oxygen atoms in total. The molecule has 0 spiro atoms. The van der Waals surface area contributed by atoms with Gasteiger partial charge in [0, 0.05) is 12.1 Å². The molecule has 2 aliphatic heterocycles. The summed E-state index contributed by atoms with van der Waals surface area (Å²) in [5, 5.41) is 0. The van der Waals surface area contributed by atoms with E-state index >= 15 is 0 Å². The second kappa shape index (κ2) is 9.67. The quantitative estimate of drug-likeness (QED) is 0.494. The zero-order valence-electron chi connectivity index (χ0n) is 17.8. The van der Waals surface area contributed by atoms with Crippen molar-refractivity contribution < 1.29 is 4.79 Å². The molecule has 1 fully saturated rings. The minimum absolute atomic E-state index is 0. The third kappa shape index (κ3) is 4.53. The smallest absolute Gasteiger partial charge is 0.262 e. The second-order valence-corrected chi connectivity index (χ2v) is 8.43. The van der Waals surface area contributed by atoms with E-state index in [4.69, 9.17) is 0 Å². The number of hydrogen-bond acceptors (Lipinski definition) is 2. The molecular formula is C27H29ClN2O. The van der Waals surface area contributed by atoms with Gasteiger partial charge in [0.15, 0.2) is 0 Å². The molecule has 160 valence electrons. The van der Waals surface area contributed by atoms with Crippen LogP contribution in [0.2, 0.25) is 0 Å². The molecule has 3 aromatic rings. The van der Waals surface area contributed by atoms with E-state index in [1.165, 1.54) is 49.0 Å². The Bertz CT molecular complexity index is 994. The number of hydrogen-bond donors (Lipinski definition) is 0. The van der Waals surface area contributed by atoms with Gasteiger partial charge in [-0.15, -0.1) is 12.4 Å². The maximum Gasteiger partial charge on any atom is 0.262 e. The Labute approximate surface area is 191 Å². The summed E-state index contributed by atoms with van der Waals surface area (Å²) in [7, 11) is 0.